The highest BCUT2D eigenvalue weighted by molar-refractivity contribution is 6.63. The van der Waals surface area contributed by atoms with Crippen LogP contribution in [0.15, 0.2) is 0 Å². The summed E-state index contributed by atoms with van der Waals surface area (Å²) in [6.45, 7) is 1.84. The smallest absolute Gasteiger partial charge is 0.373 e. The van der Waals surface area contributed by atoms with Gasteiger partial charge in [-0.2, -0.15) is 70.2 Å². The molecule has 0 aromatic rings. The van der Waals surface area contributed by atoms with Gasteiger partial charge in [-0.15, -0.1) is 0 Å². The van der Waals surface area contributed by atoms with Gasteiger partial charge in [0.2, 0.25) is 0 Å². The molecule has 0 heterocycles. The van der Waals surface area contributed by atoms with Gasteiger partial charge < -0.3 is 26.6 Å². The number of alkyl halides is 16. The van der Waals surface area contributed by atoms with E-state index in [1.807, 2.05) is 0 Å². The Labute approximate surface area is 268 Å². The molecular weight excluding hydrogens is 744 g/mol. The van der Waals surface area contributed by atoms with Gasteiger partial charge >= 0.3 is 65.0 Å². The average molecular weight is 783 g/mol. The molecule has 0 radical (unpaired) electrons. The first-order valence-corrected chi connectivity index (χ1v) is 17.9. The van der Waals surface area contributed by atoms with Crippen LogP contribution in [0.1, 0.15) is 55.4 Å². The predicted molar refractivity (Wildman–Crippen MR) is 140 cm³/mol. The molecule has 0 aliphatic rings. The van der Waals surface area contributed by atoms with E-state index in [2.05, 4.69) is 0 Å². The van der Waals surface area contributed by atoms with Crippen LogP contribution in [0.2, 0.25) is 11.1 Å². The molecule has 0 aromatic heterocycles. The lowest BCUT2D eigenvalue weighted by Gasteiger charge is -2.46. The van der Waals surface area contributed by atoms with Gasteiger partial charge in [-0.3, -0.25) is 0 Å². The highest BCUT2D eigenvalue weighted by Gasteiger charge is 2.96. The van der Waals surface area contributed by atoms with Crippen LogP contribution >= 0.6 is 0 Å². The molecule has 0 aromatic carbocycles. The molecule has 0 spiro atoms. The summed E-state index contributed by atoms with van der Waals surface area (Å²) in [7, 11) is -10.7. The van der Waals surface area contributed by atoms with Crippen LogP contribution in [0.5, 0.6) is 0 Å². The van der Waals surface area contributed by atoms with Crippen LogP contribution in [0, 0.1) is 0 Å². The monoisotopic (exact) mass is 782 g/mol. The van der Waals surface area contributed by atoms with Crippen molar-refractivity contribution in [2.75, 3.05) is 39.6 Å². The summed E-state index contributed by atoms with van der Waals surface area (Å²) in [5.74, 6) is -62.9. The largest absolute Gasteiger partial charge is 0.510 e. The molecule has 48 heavy (non-hydrogen) atoms. The number of rotatable bonds is 23. The second-order valence-corrected chi connectivity index (χ2v) is 15.8. The molecule has 0 amide bonds. The third-order valence-electron chi connectivity index (χ3n) is 7.03. The zero-order valence-electron chi connectivity index (χ0n) is 26.9. The molecule has 0 N–H and O–H groups in total. The number of halogens is 16. The van der Waals surface area contributed by atoms with E-state index in [1.165, 1.54) is 0 Å². The van der Waals surface area contributed by atoms with E-state index in [9.17, 15) is 52.7 Å². The summed E-state index contributed by atoms with van der Waals surface area (Å²) < 4.78 is 267. The van der Waals surface area contributed by atoms with E-state index >= 15 is 17.6 Å². The van der Waals surface area contributed by atoms with Crippen molar-refractivity contribution < 1.29 is 96.8 Å². The van der Waals surface area contributed by atoms with Crippen molar-refractivity contribution in [1.29, 1.82) is 0 Å². The van der Waals surface area contributed by atoms with Gasteiger partial charge in [-0.1, -0.05) is 13.8 Å². The normalized spacial score (nSPS) is 16.8. The lowest BCUT2D eigenvalue weighted by Crippen LogP contribution is -2.76. The molecule has 0 saturated carbocycles. The molecule has 0 aliphatic carbocycles. The standard InChI is InChI=1S/C24H38F16O6Si2/c1-9-41-47(42-10-2,43-11-3)15(7)17(25,26)19(29,30)21(33,34)23(37,38)24(39,40)22(35,36)20(31,32)18(27,28)16(8)48(44-12-4,45-13-5)46-14-6/h15-16H,9-14H2,1-8H3. The van der Waals surface area contributed by atoms with Gasteiger partial charge in [0.05, 0.1) is 11.1 Å². The van der Waals surface area contributed by atoms with E-state index in [0.717, 1.165) is 41.5 Å². The fourth-order valence-electron chi connectivity index (χ4n) is 4.40. The third-order valence-corrected chi connectivity index (χ3v) is 14.0. The van der Waals surface area contributed by atoms with E-state index in [1.54, 1.807) is 0 Å². The van der Waals surface area contributed by atoms with Crippen molar-refractivity contribution in [2.24, 2.45) is 0 Å². The quantitative estimate of drug-likeness (QED) is 0.0763. The lowest BCUT2D eigenvalue weighted by atomic mass is 9.86. The molecule has 2 atom stereocenters. The van der Waals surface area contributed by atoms with Crippen LogP contribution in [0.25, 0.3) is 0 Å². The Kier molecular flexibility index (Phi) is 15.5. The number of hydrogen-bond donors (Lipinski definition) is 0. The molecule has 0 aliphatic heterocycles. The minimum absolute atomic E-state index is 0.0521. The molecule has 0 bridgehead atoms. The fourth-order valence-corrected chi connectivity index (χ4v) is 10.1. The summed E-state index contributed by atoms with van der Waals surface area (Å²) in [5, 5.41) is 0. The van der Waals surface area contributed by atoms with Gasteiger partial charge in [0.1, 0.15) is 0 Å². The highest BCUT2D eigenvalue weighted by Crippen LogP contribution is 2.66. The topological polar surface area (TPSA) is 55.4 Å². The fraction of sp³-hybridized carbons (Fsp3) is 1.00. The van der Waals surface area contributed by atoms with Crippen molar-refractivity contribution in [2.45, 2.75) is 114 Å². The number of hydrogen-bond acceptors (Lipinski definition) is 6. The second-order valence-electron chi connectivity index (χ2n) is 9.94. The molecule has 0 fully saturated rings. The maximum Gasteiger partial charge on any atom is 0.510 e. The van der Waals surface area contributed by atoms with Crippen molar-refractivity contribution >= 4 is 17.6 Å². The summed E-state index contributed by atoms with van der Waals surface area (Å²) in [6, 6.07) is 0. The SMILES string of the molecule is CCO[Si](OCC)(OCC)C(C)C(F)(F)C(F)(F)C(F)(F)C(F)(F)C(F)(F)C(F)(F)C(F)(F)C(F)(F)C(C)[Si](OCC)(OCC)OCC. The van der Waals surface area contributed by atoms with Gasteiger partial charge in [-0.25, -0.2) is 0 Å². The first-order chi connectivity index (χ1) is 21.4. The van der Waals surface area contributed by atoms with Crippen molar-refractivity contribution in [3.05, 3.63) is 0 Å². The summed E-state index contributed by atoms with van der Waals surface area (Å²) in [6.07, 6.45) is 0. The Morgan fingerprint density at radius 1 is 0.333 bits per heavy atom. The van der Waals surface area contributed by atoms with Crippen LogP contribution in [-0.4, -0.2) is 105 Å². The highest BCUT2D eigenvalue weighted by atomic mass is 28.4. The Hall–Kier alpha value is -0.926. The summed E-state index contributed by atoms with van der Waals surface area (Å²) in [4.78, 5) is 0. The minimum atomic E-state index is -8.60. The van der Waals surface area contributed by atoms with Crippen molar-refractivity contribution in [3.8, 4) is 0 Å². The Morgan fingerprint density at radius 3 is 0.625 bits per heavy atom. The van der Waals surface area contributed by atoms with E-state index in [0.29, 0.717) is 0 Å². The zero-order valence-corrected chi connectivity index (χ0v) is 28.9. The van der Waals surface area contributed by atoms with Gasteiger partial charge in [0, 0.05) is 39.6 Å². The van der Waals surface area contributed by atoms with E-state index < -0.39 is 116 Å². The van der Waals surface area contributed by atoms with E-state index in [-0.39, 0.29) is 13.8 Å². The lowest BCUT2D eigenvalue weighted by molar-refractivity contribution is -0.454. The Balaban J connectivity index is 7.37. The molecule has 0 saturated heterocycles. The molecule has 290 valence electrons. The molecular formula is C24H38F16O6Si2. The summed E-state index contributed by atoms with van der Waals surface area (Å²) in [5.41, 5.74) is -7.04. The molecule has 24 heteroatoms. The minimum Gasteiger partial charge on any atom is -0.373 e. The van der Waals surface area contributed by atoms with Crippen molar-refractivity contribution in [1.82, 2.24) is 0 Å². The van der Waals surface area contributed by atoms with Gasteiger partial charge in [0.15, 0.2) is 0 Å². The van der Waals surface area contributed by atoms with Crippen LogP contribution < -0.4 is 0 Å². The third kappa shape index (κ3) is 7.23. The maximum absolute atomic E-state index is 15.1. The van der Waals surface area contributed by atoms with Crippen LogP contribution in [0.4, 0.5) is 70.2 Å². The first kappa shape index (κ1) is 47.1. The van der Waals surface area contributed by atoms with E-state index in [4.69, 9.17) is 26.6 Å². The van der Waals surface area contributed by atoms with Crippen molar-refractivity contribution in [3.63, 3.8) is 0 Å². The molecule has 2 unspecified atom stereocenters. The Morgan fingerprint density at radius 2 is 0.479 bits per heavy atom. The average Bonchev–Trinajstić information content (AvgIpc) is 2.96. The summed E-state index contributed by atoms with van der Waals surface area (Å²) >= 11 is 0. The van der Waals surface area contributed by atoms with Gasteiger partial charge in [0.25, 0.3) is 0 Å². The van der Waals surface area contributed by atoms with Gasteiger partial charge in [-0.05, 0) is 41.5 Å². The predicted octanol–water partition coefficient (Wildman–Crippen LogP) is 8.95. The zero-order chi connectivity index (χ0) is 38.6. The van der Waals surface area contributed by atoms with Crippen LogP contribution in [-0.2, 0) is 26.6 Å². The molecule has 6 nitrogen and oxygen atoms in total. The maximum atomic E-state index is 15.1. The molecule has 0 rings (SSSR count). The van der Waals surface area contributed by atoms with Crippen LogP contribution in [0.3, 0.4) is 0 Å². The Bertz CT molecular complexity index is 909. The first-order valence-electron chi connectivity index (χ1n) is 14.3. The second kappa shape index (κ2) is 15.8.